The van der Waals surface area contributed by atoms with Crippen molar-refractivity contribution in [3.8, 4) is 16.9 Å². The molecule has 3 rings (SSSR count). The molecule has 7 nitrogen and oxygen atoms in total. The molecule has 1 fully saturated rings. The first-order valence-corrected chi connectivity index (χ1v) is 10.8. The number of aliphatic hydroxyl groups is 3. The third kappa shape index (κ3) is 5.30. The van der Waals surface area contributed by atoms with Crippen LogP contribution in [0, 0.1) is 12.8 Å². The van der Waals surface area contributed by atoms with Crippen LogP contribution in [0.25, 0.3) is 11.1 Å². The molecular weight excluding hydrogens is 410 g/mol. The van der Waals surface area contributed by atoms with Crippen LogP contribution >= 0.6 is 0 Å². The predicted octanol–water partition coefficient (Wildman–Crippen LogP) is 2.70. The number of hydrogen-bond acceptors (Lipinski definition) is 6. The van der Waals surface area contributed by atoms with Gasteiger partial charge in [0.05, 0.1) is 17.8 Å². The molecule has 7 heteroatoms. The largest absolute Gasteiger partial charge is 0.462 e. The molecule has 0 saturated carbocycles. The smallest absolute Gasteiger partial charge is 0.229 e. The Hall–Kier alpha value is -2.45. The van der Waals surface area contributed by atoms with Crippen LogP contribution in [0.15, 0.2) is 42.5 Å². The molecule has 1 heterocycles. The van der Waals surface area contributed by atoms with Crippen molar-refractivity contribution in [3.05, 3.63) is 53.6 Å². The summed E-state index contributed by atoms with van der Waals surface area (Å²) >= 11 is 0. The molecular formula is C25H33NO6. The molecule has 1 aliphatic rings. The molecule has 32 heavy (non-hydrogen) atoms. The lowest BCUT2D eigenvalue weighted by Gasteiger charge is -2.46. The minimum atomic E-state index is -1.20. The van der Waals surface area contributed by atoms with Gasteiger partial charge in [0.1, 0.15) is 11.9 Å². The van der Waals surface area contributed by atoms with E-state index in [2.05, 4.69) is 5.32 Å². The first-order chi connectivity index (χ1) is 15.0. The van der Waals surface area contributed by atoms with Gasteiger partial charge in [0.15, 0.2) is 0 Å². The van der Waals surface area contributed by atoms with Crippen molar-refractivity contribution in [1.29, 1.82) is 0 Å². The number of aryl methyl sites for hydroxylation is 1. The van der Waals surface area contributed by atoms with Crippen molar-refractivity contribution >= 4 is 5.91 Å². The number of rotatable bonds is 6. The topological polar surface area (TPSA) is 108 Å². The Morgan fingerprint density at radius 2 is 1.91 bits per heavy atom. The Labute approximate surface area is 189 Å². The first kappa shape index (κ1) is 24.2. The number of ether oxygens (including phenoxy) is 2. The zero-order valence-electron chi connectivity index (χ0n) is 19.2. The van der Waals surface area contributed by atoms with E-state index in [1.807, 2.05) is 52.0 Å². The Balaban J connectivity index is 1.94. The minimum absolute atomic E-state index is 0.0804. The van der Waals surface area contributed by atoms with E-state index in [1.54, 1.807) is 18.2 Å². The van der Waals surface area contributed by atoms with E-state index >= 15 is 0 Å². The second-order valence-corrected chi connectivity index (χ2v) is 9.05. The van der Waals surface area contributed by atoms with E-state index in [-0.39, 0.29) is 18.4 Å². The van der Waals surface area contributed by atoms with E-state index in [9.17, 15) is 20.1 Å². The third-order valence-corrected chi connectivity index (χ3v) is 6.17. The lowest BCUT2D eigenvalue weighted by molar-refractivity contribution is -0.284. The predicted molar refractivity (Wildman–Crippen MR) is 121 cm³/mol. The van der Waals surface area contributed by atoms with Crippen LogP contribution in [0.4, 0.5) is 0 Å². The molecule has 1 amide bonds. The number of nitrogens with one attached hydrogen (secondary N) is 1. The van der Waals surface area contributed by atoms with Crippen LogP contribution in [0.3, 0.4) is 0 Å². The summed E-state index contributed by atoms with van der Waals surface area (Å²) in [5.74, 6) is -0.0648. The molecule has 2 aromatic rings. The van der Waals surface area contributed by atoms with Crippen molar-refractivity contribution in [1.82, 2.24) is 5.32 Å². The molecule has 0 aliphatic carbocycles. The van der Waals surface area contributed by atoms with E-state index in [0.717, 1.165) is 16.7 Å². The zero-order valence-corrected chi connectivity index (χ0v) is 19.2. The average Bonchev–Trinajstić information content (AvgIpc) is 2.74. The number of carbonyl (C=O) groups excluding carboxylic acids is 1. The van der Waals surface area contributed by atoms with Crippen LogP contribution in [0.2, 0.25) is 0 Å². The van der Waals surface area contributed by atoms with Gasteiger partial charge >= 0.3 is 0 Å². The van der Waals surface area contributed by atoms with Crippen molar-refractivity contribution in [2.75, 3.05) is 6.54 Å². The quantitative estimate of drug-likeness (QED) is 0.547. The van der Waals surface area contributed by atoms with Crippen LogP contribution in [0.1, 0.15) is 44.9 Å². The van der Waals surface area contributed by atoms with Crippen LogP contribution in [0.5, 0.6) is 5.75 Å². The van der Waals surface area contributed by atoms with Crippen molar-refractivity contribution in [2.24, 2.45) is 5.92 Å². The van der Waals surface area contributed by atoms with Gasteiger partial charge in [-0.15, -0.1) is 0 Å². The Bertz CT molecular complexity index is 959. The summed E-state index contributed by atoms with van der Waals surface area (Å²) in [4.78, 5) is 11.3. The number of benzene rings is 2. The number of aliphatic hydroxyl groups excluding tert-OH is 3. The zero-order chi connectivity index (χ0) is 23.6. The SMILES string of the molecule is CC(=O)NCC(O)c1ccc(O[C@@H]2OC(C)(C)[C@H](C)[C@@H](O)[C@H]2O)cc1-c1cccc(C)c1. The molecule has 0 aromatic heterocycles. The van der Waals surface area contributed by atoms with Crippen LogP contribution < -0.4 is 10.1 Å². The summed E-state index contributed by atoms with van der Waals surface area (Å²) in [6, 6.07) is 13.0. The van der Waals surface area contributed by atoms with Gasteiger partial charge in [-0.1, -0.05) is 42.8 Å². The van der Waals surface area contributed by atoms with Gasteiger partial charge in [0.25, 0.3) is 0 Å². The van der Waals surface area contributed by atoms with Gasteiger partial charge in [-0.2, -0.15) is 0 Å². The maximum absolute atomic E-state index is 11.3. The highest BCUT2D eigenvalue weighted by Crippen LogP contribution is 2.37. The van der Waals surface area contributed by atoms with Crippen molar-refractivity contribution in [2.45, 2.75) is 64.8 Å². The maximum Gasteiger partial charge on any atom is 0.229 e. The standard InChI is InChI=1S/C25H33NO6/c1-14-7-6-8-17(11-14)20-12-18(9-10-19(20)21(28)13-26-16(3)27)31-24-23(30)22(29)15(2)25(4,5)32-24/h6-12,15,21-24,28-30H,13H2,1-5H3,(H,26,27)/t15-,21?,22-,23-,24-/m1/s1. The van der Waals surface area contributed by atoms with Crippen molar-refractivity contribution in [3.63, 3.8) is 0 Å². The molecule has 1 aliphatic heterocycles. The summed E-state index contributed by atoms with van der Waals surface area (Å²) in [5.41, 5.74) is 2.63. The molecule has 0 bridgehead atoms. The van der Waals surface area contributed by atoms with Gasteiger partial charge < -0.3 is 30.1 Å². The van der Waals surface area contributed by atoms with E-state index < -0.39 is 30.2 Å². The average molecular weight is 444 g/mol. The number of carbonyl (C=O) groups is 1. The highest BCUT2D eigenvalue weighted by atomic mass is 16.7. The highest BCUT2D eigenvalue weighted by Gasteiger charge is 2.47. The monoisotopic (exact) mass is 443 g/mol. The van der Waals surface area contributed by atoms with Gasteiger partial charge in [-0.25, -0.2) is 0 Å². The highest BCUT2D eigenvalue weighted by molar-refractivity contribution is 5.73. The summed E-state index contributed by atoms with van der Waals surface area (Å²) in [7, 11) is 0. The molecule has 1 saturated heterocycles. The van der Waals surface area contributed by atoms with Crippen LogP contribution in [-0.4, -0.2) is 51.9 Å². The fraction of sp³-hybridized carbons (Fsp3) is 0.480. The minimum Gasteiger partial charge on any atom is -0.462 e. The number of hydrogen-bond donors (Lipinski definition) is 4. The lowest BCUT2D eigenvalue weighted by Crippen LogP contribution is -2.59. The molecule has 0 spiro atoms. The molecule has 4 N–H and O–H groups in total. The second kappa shape index (κ2) is 9.58. The number of amides is 1. The summed E-state index contributed by atoms with van der Waals surface area (Å²) in [5, 5.41) is 34.3. The molecule has 0 radical (unpaired) electrons. The van der Waals surface area contributed by atoms with E-state index in [0.29, 0.717) is 11.3 Å². The Kier molecular flexibility index (Phi) is 7.25. The third-order valence-electron chi connectivity index (χ3n) is 6.17. The van der Waals surface area contributed by atoms with Gasteiger partial charge in [-0.3, -0.25) is 4.79 Å². The first-order valence-electron chi connectivity index (χ1n) is 10.8. The summed E-state index contributed by atoms with van der Waals surface area (Å²) < 4.78 is 11.9. The van der Waals surface area contributed by atoms with E-state index in [4.69, 9.17) is 9.47 Å². The fourth-order valence-electron chi connectivity index (χ4n) is 3.88. The Morgan fingerprint density at radius 1 is 1.19 bits per heavy atom. The summed E-state index contributed by atoms with van der Waals surface area (Å²) in [6.07, 6.45) is -4.15. The fourth-order valence-corrected chi connectivity index (χ4v) is 3.88. The second-order valence-electron chi connectivity index (χ2n) is 9.05. The Morgan fingerprint density at radius 3 is 2.56 bits per heavy atom. The molecule has 2 aromatic carbocycles. The summed E-state index contributed by atoms with van der Waals surface area (Å²) in [6.45, 7) is 8.99. The maximum atomic E-state index is 11.3. The van der Waals surface area contributed by atoms with Crippen LogP contribution in [-0.2, 0) is 9.53 Å². The molecule has 1 unspecified atom stereocenters. The molecule has 5 atom stereocenters. The lowest BCUT2D eigenvalue weighted by atomic mass is 9.82. The van der Waals surface area contributed by atoms with Crippen molar-refractivity contribution < 1.29 is 29.6 Å². The van der Waals surface area contributed by atoms with Gasteiger partial charge in [0.2, 0.25) is 12.2 Å². The van der Waals surface area contributed by atoms with Gasteiger partial charge in [-0.05, 0) is 49.6 Å². The van der Waals surface area contributed by atoms with Gasteiger partial charge in [0, 0.05) is 19.4 Å². The normalized spacial score (nSPS) is 25.8. The van der Waals surface area contributed by atoms with E-state index in [1.165, 1.54) is 6.92 Å². The molecule has 174 valence electrons.